The third-order valence-electron chi connectivity index (χ3n) is 9.76. The first kappa shape index (κ1) is 35.6. The van der Waals surface area contributed by atoms with Crippen LogP contribution in [0.2, 0.25) is 0 Å². The highest BCUT2D eigenvalue weighted by Crippen LogP contribution is 2.42. The first-order valence-corrected chi connectivity index (χ1v) is 17.0. The molecule has 232 valence electrons. The molecule has 2 rings (SSSR count). The van der Waals surface area contributed by atoms with E-state index in [0.717, 1.165) is 19.3 Å². The van der Waals surface area contributed by atoms with Gasteiger partial charge in [0.1, 0.15) is 0 Å². The van der Waals surface area contributed by atoms with Crippen LogP contribution in [-0.2, 0) is 0 Å². The molecule has 0 aromatic heterocycles. The number of aliphatic hydroxyl groups excluding tert-OH is 1. The normalized spacial score (nSPS) is 24.7. The van der Waals surface area contributed by atoms with Crippen molar-refractivity contribution < 1.29 is 5.11 Å². The molecule has 2 aliphatic carbocycles. The molecule has 0 spiro atoms. The second-order valence-corrected chi connectivity index (χ2v) is 15.3. The fraction of sp³-hybridized carbons (Fsp3) is 0.700. The topological polar surface area (TPSA) is 20.2 Å². The van der Waals surface area contributed by atoms with E-state index in [1.54, 1.807) is 11.1 Å². The summed E-state index contributed by atoms with van der Waals surface area (Å²) < 4.78 is 0. The molecule has 0 aliphatic heterocycles. The van der Waals surface area contributed by atoms with Crippen molar-refractivity contribution in [3.8, 4) is 0 Å². The number of rotatable bonds is 15. The highest BCUT2D eigenvalue weighted by molar-refractivity contribution is 5.34. The Morgan fingerprint density at radius 3 is 2.07 bits per heavy atom. The third kappa shape index (κ3) is 12.7. The van der Waals surface area contributed by atoms with E-state index in [4.69, 9.17) is 0 Å². The quantitative estimate of drug-likeness (QED) is 0.197. The van der Waals surface area contributed by atoms with Crippen LogP contribution in [0.4, 0.5) is 0 Å². The lowest BCUT2D eigenvalue weighted by atomic mass is 9.71. The molecule has 0 fully saturated rings. The molecule has 0 radical (unpaired) electrons. The minimum Gasteiger partial charge on any atom is -0.393 e. The van der Waals surface area contributed by atoms with Gasteiger partial charge in [0.05, 0.1) is 6.10 Å². The summed E-state index contributed by atoms with van der Waals surface area (Å²) in [6.07, 6.45) is 32.1. The van der Waals surface area contributed by atoms with Crippen LogP contribution < -0.4 is 0 Å². The van der Waals surface area contributed by atoms with Gasteiger partial charge in [0, 0.05) is 0 Å². The summed E-state index contributed by atoms with van der Waals surface area (Å²) in [6.45, 7) is 23.3. The molecule has 0 bridgehead atoms. The molecule has 4 unspecified atom stereocenters. The third-order valence-corrected chi connectivity index (χ3v) is 9.76. The van der Waals surface area contributed by atoms with Crippen LogP contribution in [0.15, 0.2) is 70.9 Å². The van der Waals surface area contributed by atoms with Crippen LogP contribution >= 0.6 is 0 Å². The number of allylic oxidation sites excluding steroid dienone is 11. The van der Waals surface area contributed by atoms with Gasteiger partial charge in [-0.25, -0.2) is 0 Å². The summed E-state index contributed by atoms with van der Waals surface area (Å²) in [7, 11) is 0. The minimum absolute atomic E-state index is 0.0558. The zero-order chi connectivity index (χ0) is 30.6. The molecule has 2 aliphatic rings. The van der Waals surface area contributed by atoms with E-state index < -0.39 is 0 Å². The lowest BCUT2D eigenvalue weighted by Gasteiger charge is -2.35. The van der Waals surface area contributed by atoms with Gasteiger partial charge in [0.2, 0.25) is 0 Å². The van der Waals surface area contributed by atoms with E-state index in [0.29, 0.717) is 29.1 Å². The van der Waals surface area contributed by atoms with E-state index in [-0.39, 0.29) is 11.5 Å². The average molecular weight is 563 g/mol. The molecule has 0 aromatic rings. The van der Waals surface area contributed by atoms with Crippen LogP contribution in [0.3, 0.4) is 0 Å². The van der Waals surface area contributed by atoms with Crippen LogP contribution in [0.5, 0.6) is 0 Å². The standard InChI is InChI=1S/C40H66O/c1-30(18-13-20-32(3)23-25-37-34(5)22-15-27-39(37,7)8)16-11-12-17-31(2)19-14-21-33(4)24-26-38-35(6)28-36(41)29-40(38,9)10/h11,14,16,21,23-26,30-33,36,41H,12-13,15,17-20,22,27-29H2,1-10H3/b16-11+,21-14+,25-23+,26-24+/t30?,31?,32?,33?,36-/m1/s1. The predicted molar refractivity (Wildman–Crippen MR) is 183 cm³/mol. The first-order valence-electron chi connectivity index (χ1n) is 17.0. The van der Waals surface area contributed by atoms with Crippen LogP contribution in [-0.4, -0.2) is 11.2 Å². The second-order valence-electron chi connectivity index (χ2n) is 15.3. The maximum Gasteiger partial charge on any atom is 0.0585 e. The van der Waals surface area contributed by atoms with E-state index in [9.17, 15) is 5.11 Å². The lowest BCUT2D eigenvalue weighted by molar-refractivity contribution is 0.116. The predicted octanol–water partition coefficient (Wildman–Crippen LogP) is 12.1. The monoisotopic (exact) mass is 563 g/mol. The molecule has 0 heterocycles. The summed E-state index contributed by atoms with van der Waals surface area (Å²) in [4.78, 5) is 0. The molecule has 0 saturated carbocycles. The highest BCUT2D eigenvalue weighted by Gasteiger charge is 2.31. The number of aliphatic hydroxyl groups is 1. The summed E-state index contributed by atoms with van der Waals surface area (Å²) in [5.74, 6) is 2.48. The number of hydrogen-bond donors (Lipinski definition) is 1. The number of hydrogen-bond acceptors (Lipinski definition) is 1. The smallest absolute Gasteiger partial charge is 0.0585 e. The Bertz CT molecular complexity index is 978. The second kappa shape index (κ2) is 16.9. The molecular formula is C40H66O. The molecule has 0 amide bonds. The Kier molecular flexibility index (Phi) is 14.7. The van der Waals surface area contributed by atoms with E-state index in [2.05, 4.69) is 118 Å². The van der Waals surface area contributed by atoms with Gasteiger partial charge in [-0.3, -0.25) is 0 Å². The van der Waals surface area contributed by atoms with E-state index >= 15 is 0 Å². The Morgan fingerprint density at radius 1 is 0.780 bits per heavy atom. The van der Waals surface area contributed by atoms with Crippen LogP contribution in [0.25, 0.3) is 0 Å². The van der Waals surface area contributed by atoms with Crippen molar-refractivity contribution in [1.29, 1.82) is 0 Å². The SMILES string of the molecule is CC1=C(/C=C/C(C)CCCC(C)/C=C/CCC(C)C/C=C/C(C)/C=C/C2=C(C)C[C@@H](O)CC2(C)C)C(C)(C)CCC1. The maximum atomic E-state index is 10.1. The molecule has 41 heavy (non-hydrogen) atoms. The van der Waals surface area contributed by atoms with Crippen LogP contribution in [0.1, 0.15) is 140 Å². The van der Waals surface area contributed by atoms with Crippen molar-refractivity contribution in [2.75, 3.05) is 0 Å². The molecule has 1 nitrogen and oxygen atoms in total. The Balaban J connectivity index is 1.64. The summed E-state index contributed by atoms with van der Waals surface area (Å²) in [5, 5.41) is 10.1. The summed E-state index contributed by atoms with van der Waals surface area (Å²) in [6, 6.07) is 0. The zero-order valence-electron chi connectivity index (χ0n) is 28.7. The van der Waals surface area contributed by atoms with Gasteiger partial charge in [-0.15, -0.1) is 0 Å². The molecule has 0 aromatic carbocycles. The van der Waals surface area contributed by atoms with Crippen molar-refractivity contribution in [3.05, 3.63) is 70.9 Å². The fourth-order valence-electron chi connectivity index (χ4n) is 7.07. The van der Waals surface area contributed by atoms with Crippen molar-refractivity contribution in [1.82, 2.24) is 0 Å². The highest BCUT2D eigenvalue weighted by atomic mass is 16.3. The van der Waals surface area contributed by atoms with Crippen LogP contribution in [0, 0.1) is 34.5 Å². The molecule has 0 saturated heterocycles. The van der Waals surface area contributed by atoms with E-state index in [1.807, 2.05) is 0 Å². The average Bonchev–Trinajstić information content (AvgIpc) is 2.84. The van der Waals surface area contributed by atoms with Gasteiger partial charge in [-0.2, -0.15) is 0 Å². The van der Waals surface area contributed by atoms with Gasteiger partial charge < -0.3 is 5.11 Å². The fourth-order valence-corrected chi connectivity index (χ4v) is 7.07. The Labute approximate surface area is 256 Å². The zero-order valence-corrected chi connectivity index (χ0v) is 28.7. The van der Waals surface area contributed by atoms with Crippen molar-refractivity contribution in [3.63, 3.8) is 0 Å². The lowest BCUT2D eigenvalue weighted by Crippen LogP contribution is -2.28. The summed E-state index contributed by atoms with van der Waals surface area (Å²) >= 11 is 0. The van der Waals surface area contributed by atoms with Gasteiger partial charge in [0.25, 0.3) is 0 Å². The summed E-state index contributed by atoms with van der Waals surface area (Å²) in [5.41, 5.74) is 6.35. The van der Waals surface area contributed by atoms with Gasteiger partial charge in [-0.1, -0.05) is 122 Å². The van der Waals surface area contributed by atoms with Crippen molar-refractivity contribution in [2.45, 2.75) is 146 Å². The van der Waals surface area contributed by atoms with Crippen molar-refractivity contribution >= 4 is 0 Å². The molecule has 1 heteroatoms. The van der Waals surface area contributed by atoms with Gasteiger partial charge in [-0.05, 0) is 124 Å². The Hall–Kier alpha value is -1.60. The molecular weight excluding hydrogens is 496 g/mol. The largest absolute Gasteiger partial charge is 0.393 e. The Morgan fingerprint density at radius 2 is 1.41 bits per heavy atom. The van der Waals surface area contributed by atoms with E-state index in [1.165, 1.54) is 62.5 Å². The minimum atomic E-state index is -0.193. The molecule has 5 atom stereocenters. The first-order chi connectivity index (χ1) is 19.2. The molecule has 1 N–H and O–H groups in total. The van der Waals surface area contributed by atoms with Gasteiger partial charge in [0.15, 0.2) is 0 Å². The maximum absolute atomic E-state index is 10.1. The van der Waals surface area contributed by atoms with Gasteiger partial charge >= 0.3 is 0 Å². The van der Waals surface area contributed by atoms with Crippen molar-refractivity contribution in [2.24, 2.45) is 34.5 Å².